The van der Waals surface area contributed by atoms with Crippen molar-refractivity contribution in [1.82, 2.24) is 0 Å². The first-order chi connectivity index (χ1) is 7.48. The van der Waals surface area contributed by atoms with Gasteiger partial charge in [0, 0.05) is 13.7 Å². The summed E-state index contributed by atoms with van der Waals surface area (Å²) in [6, 6.07) is 1.13. The maximum atomic E-state index is 5.84. The molecule has 0 heterocycles. The van der Waals surface area contributed by atoms with Gasteiger partial charge in [0.25, 0.3) is 0 Å². The van der Waals surface area contributed by atoms with Crippen molar-refractivity contribution in [3.8, 4) is 0 Å². The van der Waals surface area contributed by atoms with E-state index in [1.807, 2.05) is 6.92 Å². The second kappa shape index (κ2) is 8.93. The monoisotopic (exact) mass is 246 g/mol. The SMILES string of the molecule is C=C(C)COCCC[Si](C)(C)OCCOC. The van der Waals surface area contributed by atoms with Crippen LogP contribution in [0, 0.1) is 0 Å². The predicted molar refractivity (Wildman–Crippen MR) is 70.4 cm³/mol. The van der Waals surface area contributed by atoms with Gasteiger partial charge in [0.05, 0.1) is 19.8 Å². The zero-order valence-electron chi connectivity index (χ0n) is 11.2. The van der Waals surface area contributed by atoms with E-state index in [1.165, 1.54) is 0 Å². The molecule has 3 nitrogen and oxygen atoms in total. The summed E-state index contributed by atoms with van der Waals surface area (Å²) in [6.45, 7) is 13.1. The minimum absolute atomic E-state index is 0.673. The number of hydrogen-bond donors (Lipinski definition) is 0. The van der Waals surface area contributed by atoms with Crippen molar-refractivity contribution < 1.29 is 13.9 Å². The maximum Gasteiger partial charge on any atom is 0.186 e. The van der Waals surface area contributed by atoms with Gasteiger partial charge in [0.1, 0.15) is 0 Å². The van der Waals surface area contributed by atoms with E-state index in [0.29, 0.717) is 19.8 Å². The molecule has 0 rings (SSSR count). The van der Waals surface area contributed by atoms with Crippen LogP contribution < -0.4 is 0 Å². The second-order valence-electron chi connectivity index (χ2n) is 4.71. The van der Waals surface area contributed by atoms with Crippen LogP contribution in [0.2, 0.25) is 19.1 Å². The molecular formula is C12H26O3Si. The first kappa shape index (κ1) is 15.8. The Morgan fingerprint density at radius 2 is 1.88 bits per heavy atom. The third-order valence-corrected chi connectivity index (χ3v) is 4.74. The van der Waals surface area contributed by atoms with Gasteiger partial charge in [-0.05, 0) is 32.5 Å². The van der Waals surface area contributed by atoms with Gasteiger partial charge >= 0.3 is 0 Å². The van der Waals surface area contributed by atoms with Crippen molar-refractivity contribution >= 4 is 8.32 Å². The van der Waals surface area contributed by atoms with Gasteiger partial charge < -0.3 is 13.9 Å². The Balaban J connectivity index is 3.46. The topological polar surface area (TPSA) is 27.7 Å². The summed E-state index contributed by atoms with van der Waals surface area (Å²) >= 11 is 0. The highest BCUT2D eigenvalue weighted by Crippen LogP contribution is 2.13. The normalized spacial score (nSPS) is 11.8. The van der Waals surface area contributed by atoms with Crippen LogP contribution in [0.4, 0.5) is 0 Å². The molecule has 0 aromatic carbocycles. The molecule has 0 aliphatic carbocycles. The molecule has 96 valence electrons. The Hall–Kier alpha value is -0.163. The summed E-state index contributed by atoms with van der Waals surface area (Å²) in [6.07, 6.45) is 1.07. The van der Waals surface area contributed by atoms with Gasteiger partial charge in [-0.15, -0.1) is 0 Å². The van der Waals surface area contributed by atoms with Crippen molar-refractivity contribution in [3.05, 3.63) is 12.2 Å². The van der Waals surface area contributed by atoms with Crippen LogP contribution in [0.1, 0.15) is 13.3 Å². The van der Waals surface area contributed by atoms with Crippen molar-refractivity contribution in [2.24, 2.45) is 0 Å². The van der Waals surface area contributed by atoms with Gasteiger partial charge in [-0.3, -0.25) is 0 Å². The molecule has 0 amide bonds. The first-order valence-corrected chi connectivity index (χ1v) is 8.94. The molecule has 0 bridgehead atoms. The fourth-order valence-electron chi connectivity index (χ4n) is 1.32. The van der Waals surface area contributed by atoms with Gasteiger partial charge in [0.2, 0.25) is 0 Å². The Kier molecular flexibility index (Phi) is 8.84. The number of ether oxygens (including phenoxy) is 2. The van der Waals surface area contributed by atoms with Crippen LogP contribution >= 0.6 is 0 Å². The van der Waals surface area contributed by atoms with Gasteiger partial charge in [-0.1, -0.05) is 12.2 Å². The van der Waals surface area contributed by atoms with Crippen molar-refractivity contribution in [2.75, 3.05) is 33.5 Å². The van der Waals surface area contributed by atoms with Crippen LogP contribution in [-0.4, -0.2) is 41.9 Å². The van der Waals surface area contributed by atoms with E-state index in [4.69, 9.17) is 13.9 Å². The molecular weight excluding hydrogens is 220 g/mol. The lowest BCUT2D eigenvalue weighted by Gasteiger charge is -2.22. The standard InChI is InChI=1S/C12H26O3Si/c1-12(2)11-14-7-6-10-16(4,5)15-9-8-13-3/h1,6-11H2,2-5H3. The molecule has 0 unspecified atom stereocenters. The largest absolute Gasteiger partial charge is 0.415 e. The highest BCUT2D eigenvalue weighted by Gasteiger charge is 2.21. The smallest absolute Gasteiger partial charge is 0.186 e. The van der Waals surface area contributed by atoms with Crippen LogP contribution in [0.25, 0.3) is 0 Å². The van der Waals surface area contributed by atoms with Gasteiger partial charge in [0.15, 0.2) is 8.32 Å². The molecule has 0 aromatic rings. The predicted octanol–water partition coefficient (Wildman–Crippen LogP) is 2.84. The summed E-state index contributed by atoms with van der Waals surface area (Å²) < 4.78 is 16.3. The lowest BCUT2D eigenvalue weighted by Crippen LogP contribution is -2.32. The fraction of sp³-hybridized carbons (Fsp3) is 0.833. The molecule has 0 aliphatic rings. The van der Waals surface area contributed by atoms with E-state index in [9.17, 15) is 0 Å². The highest BCUT2D eigenvalue weighted by molar-refractivity contribution is 6.71. The van der Waals surface area contributed by atoms with E-state index in [-0.39, 0.29) is 0 Å². The van der Waals surface area contributed by atoms with Crippen LogP contribution in [0.5, 0.6) is 0 Å². The van der Waals surface area contributed by atoms with E-state index in [1.54, 1.807) is 7.11 Å². The Morgan fingerprint density at radius 1 is 1.19 bits per heavy atom. The molecule has 4 heteroatoms. The highest BCUT2D eigenvalue weighted by atomic mass is 28.4. The Bertz CT molecular complexity index is 193. The average Bonchev–Trinajstić information content (AvgIpc) is 2.16. The number of rotatable bonds is 10. The quantitative estimate of drug-likeness (QED) is 0.337. The minimum atomic E-state index is -1.50. The number of methoxy groups -OCH3 is 1. The van der Waals surface area contributed by atoms with Crippen LogP contribution in [0.15, 0.2) is 12.2 Å². The molecule has 0 fully saturated rings. The van der Waals surface area contributed by atoms with E-state index in [0.717, 1.165) is 24.6 Å². The molecule has 0 aromatic heterocycles. The zero-order chi connectivity index (χ0) is 12.4. The van der Waals surface area contributed by atoms with Gasteiger partial charge in [-0.25, -0.2) is 0 Å². The van der Waals surface area contributed by atoms with E-state index >= 15 is 0 Å². The molecule has 0 N–H and O–H groups in total. The number of hydrogen-bond acceptors (Lipinski definition) is 3. The molecule has 0 radical (unpaired) electrons. The fourth-order valence-corrected chi connectivity index (χ4v) is 3.10. The summed E-state index contributed by atoms with van der Waals surface area (Å²) in [7, 11) is 0.198. The molecule has 16 heavy (non-hydrogen) atoms. The maximum absolute atomic E-state index is 5.84. The van der Waals surface area contributed by atoms with Crippen molar-refractivity contribution in [2.45, 2.75) is 32.5 Å². The van der Waals surface area contributed by atoms with Gasteiger partial charge in [-0.2, -0.15) is 0 Å². The summed E-state index contributed by atoms with van der Waals surface area (Å²) in [5.41, 5.74) is 1.08. The molecule has 0 saturated carbocycles. The molecule has 0 saturated heterocycles. The van der Waals surface area contributed by atoms with Crippen molar-refractivity contribution in [3.63, 3.8) is 0 Å². The first-order valence-electron chi connectivity index (χ1n) is 5.83. The zero-order valence-corrected chi connectivity index (χ0v) is 12.2. The second-order valence-corrected chi connectivity index (χ2v) is 9.02. The summed E-state index contributed by atoms with van der Waals surface area (Å²) in [5.74, 6) is 0. The molecule has 0 atom stereocenters. The minimum Gasteiger partial charge on any atom is -0.415 e. The molecule has 0 aliphatic heterocycles. The van der Waals surface area contributed by atoms with Crippen LogP contribution in [0.3, 0.4) is 0 Å². The van der Waals surface area contributed by atoms with E-state index < -0.39 is 8.32 Å². The Morgan fingerprint density at radius 3 is 2.44 bits per heavy atom. The van der Waals surface area contributed by atoms with Crippen molar-refractivity contribution in [1.29, 1.82) is 0 Å². The van der Waals surface area contributed by atoms with E-state index in [2.05, 4.69) is 19.7 Å². The lowest BCUT2D eigenvalue weighted by atomic mass is 10.4. The lowest BCUT2D eigenvalue weighted by molar-refractivity contribution is 0.139. The average molecular weight is 246 g/mol. The summed E-state index contributed by atoms with van der Waals surface area (Å²) in [4.78, 5) is 0. The molecule has 0 spiro atoms. The van der Waals surface area contributed by atoms with Crippen LogP contribution in [-0.2, 0) is 13.9 Å². The third-order valence-electron chi connectivity index (χ3n) is 2.20. The third kappa shape index (κ3) is 10.4. The summed E-state index contributed by atoms with van der Waals surface area (Å²) in [5, 5.41) is 0. The Labute approximate surface area is 101 Å².